The minimum Gasteiger partial charge on any atom is -0.496 e. The Morgan fingerprint density at radius 3 is 3.00 bits per heavy atom. The van der Waals surface area contributed by atoms with Crippen LogP contribution in [0, 0.1) is 0 Å². The van der Waals surface area contributed by atoms with Gasteiger partial charge in [0.15, 0.2) is 0 Å². The molecule has 0 saturated heterocycles. The third kappa shape index (κ3) is 1.79. The first-order valence-electron chi connectivity index (χ1n) is 4.87. The van der Waals surface area contributed by atoms with Crippen LogP contribution in [0.4, 0.5) is 0 Å². The zero-order valence-corrected chi connectivity index (χ0v) is 9.23. The van der Waals surface area contributed by atoms with Gasteiger partial charge in [-0.25, -0.2) is 0 Å². The molecule has 0 spiro atoms. The normalized spacial score (nSPS) is 15.2. The van der Waals surface area contributed by atoms with Gasteiger partial charge in [0.2, 0.25) is 0 Å². The number of benzene rings is 1. The summed E-state index contributed by atoms with van der Waals surface area (Å²) >= 11 is 6.02. The molecule has 1 N–H and O–H groups in total. The molecule has 3 nitrogen and oxygen atoms in total. The number of ether oxygens (including phenoxy) is 1. The first kappa shape index (κ1) is 10.3. The Hall–Kier alpha value is -1.22. The number of halogens is 1. The molecular formula is C11H12ClNO2. The number of hydrogen-bond acceptors (Lipinski definition) is 2. The van der Waals surface area contributed by atoms with Crippen molar-refractivity contribution in [3.05, 3.63) is 28.3 Å². The van der Waals surface area contributed by atoms with Crippen LogP contribution in [0.3, 0.4) is 0 Å². The highest BCUT2D eigenvalue weighted by Gasteiger charge is 2.21. The number of methoxy groups -OCH3 is 1. The second kappa shape index (κ2) is 4.11. The Labute approximate surface area is 93.4 Å². The number of amides is 1. The first-order chi connectivity index (χ1) is 7.24. The minimum absolute atomic E-state index is 0.105. The zero-order valence-electron chi connectivity index (χ0n) is 8.47. The lowest BCUT2D eigenvalue weighted by atomic mass is 10.0. The van der Waals surface area contributed by atoms with E-state index in [0.717, 1.165) is 24.2 Å². The van der Waals surface area contributed by atoms with Crippen LogP contribution in [-0.4, -0.2) is 19.6 Å². The van der Waals surface area contributed by atoms with Crippen molar-refractivity contribution < 1.29 is 9.53 Å². The van der Waals surface area contributed by atoms with E-state index in [9.17, 15) is 4.79 Å². The largest absolute Gasteiger partial charge is 0.496 e. The summed E-state index contributed by atoms with van der Waals surface area (Å²) in [4.78, 5) is 11.7. The van der Waals surface area contributed by atoms with E-state index in [1.807, 2.05) is 0 Å². The summed E-state index contributed by atoms with van der Waals surface area (Å²) in [6.07, 6.45) is 1.73. The molecule has 0 unspecified atom stereocenters. The van der Waals surface area contributed by atoms with Gasteiger partial charge in [-0.1, -0.05) is 11.6 Å². The van der Waals surface area contributed by atoms with Crippen molar-refractivity contribution in [3.63, 3.8) is 0 Å². The fourth-order valence-electron chi connectivity index (χ4n) is 1.84. The van der Waals surface area contributed by atoms with Gasteiger partial charge in [0.25, 0.3) is 5.91 Å². The van der Waals surface area contributed by atoms with Gasteiger partial charge >= 0.3 is 0 Å². The summed E-state index contributed by atoms with van der Waals surface area (Å²) in [5, 5.41) is 3.30. The van der Waals surface area contributed by atoms with Crippen LogP contribution in [0.2, 0.25) is 5.02 Å². The molecule has 0 aliphatic carbocycles. The molecule has 1 aliphatic rings. The summed E-state index contributed by atoms with van der Waals surface area (Å²) in [7, 11) is 1.60. The third-order valence-electron chi connectivity index (χ3n) is 2.56. The summed E-state index contributed by atoms with van der Waals surface area (Å²) in [5.74, 6) is 0.637. The van der Waals surface area contributed by atoms with Gasteiger partial charge in [0.05, 0.1) is 17.7 Å². The van der Waals surface area contributed by atoms with Crippen molar-refractivity contribution in [1.29, 1.82) is 0 Å². The van der Waals surface area contributed by atoms with E-state index in [1.165, 1.54) is 0 Å². The monoisotopic (exact) mass is 225 g/mol. The maximum Gasteiger partial charge on any atom is 0.253 e. The van der Waals surface area contributed by atoms with E-state index in [-0.39, 0.29) is 5.91 Å². The molecule has 0 atom stereocenters. The minimum atomic E-state index is -0.105. The van der Waals surface area contributed by atoms with Crippen LogP contribution in [0.1, 0.15) is 22.3 Å². The fraction of sp³-hybridized carbons (Fsp3) is 0.364. The lowest BCUT2D eigenvalue weighted by Crippen LogP contribution is -2.23. The maximum absolute atomic E-state index is 11.7. The molecule has 80 valence electrons. The first-order valence-corrected chi connectivity index (χ1v) is 5.25. The molecule has 15 heavy (non-hydrogen) atoms. The molecule has 4 heteroatoms. The lowest BCUT2D eigenvalue weighted by Gasteiger charge is -2.11. The van der Waals surface area contributed by atoms with Crippen molar-refractivity contribution in [1.82, 2.24) is 5.32 Å². The van der Waals surface area contributed by atoms with Gasteiger partial charge in [0.1, 0.15) is 5.75 Å². The van der Waals surface area contributed by atoms with Crippen LogP contribution in [0.25, 0.3) is 0 Å². The number of hydrogen-bond donors (Lipinski definition) is 1. The van der Waals surface area contributed by atoms with Gasteiger partial charge in [-0.3, -0.25) is 4.79 Å². The number of carbonyl (C=O) groups excluding carboxylic acids is 1. The highest BCUT2D eigenvalue weighted by molar-refractivity contribution is 6.34. The molecule has 0 fully saturated rings. The number of fused-ring (bicyclic) bond motifs is 1. The molecule has 1 aromatic carbocycles. The third-order valence-corrected chi connectivity index (χ3v) is 2.87. The molecule has 1 aliphatic heterocycles. The Bertz CT molecular complexity index is 404. The molecule has 1 heterocycles. The summed E-state index contributed by atoms with van der Waals surface area (Å²) in [6.45, 7) is 0.687. The van der Waals surface area contributed by atoms with Crippen molar-refractivity contribution in [3.8, 4) is 5.75 Å². The van der Waals surface area contributed by atoms with Crippen molar-refractivity contribution >= 4 is 17.5 Å². The topological polar surface area (TPSA) is 38.3 Å². The Morgan fingerprint density at radius 1 is 1.47 bits per heavy atom. The Balaban J connectivity index is 2.60. The maximum atomic E-state index is 11.7. The van der Waals surface area contributed by atoms with Crippen LogP contribution in [0.15, 0.2) is 12.1 Å². The number of nitrogens with one attached hydrogen (secondary N) is 1. The van der Waals surface area contributed by atoms with Crippen molar-refractivity contribution in [2.75, 3.05) is 13.7 Å². The average molecular weight is 226 g/mol. The van der Waals surface area contributed by atoms with E-state index in [2.05, 4.69) is 5.32 Å². The van der Waals surface area contributed by atoms with E-state index in [0.29, 0.717) is 17.1 Å². The van der Waals surface area contributed by atoms with Gasteiger partial charge in [0, 0.05) is 12.1 Å². The molecule has 1 amide bonds. The van der Waals surface area contributed by atoms with E-state index >= 15 is 0 Å². The Morgan fingerprint density at radius 2 is 2.27 bits per heavy atom. The standard InChI is InChI=1S/C11H12ClNO2/c1-15-9-5-4-8(12)10-7(9)3-2-6-13-11(10)14/h4-5H,2-3,6H2,1H3,(H,13,14). The van der Waals surface area contributed by atoms with Gasteiger partial charge < -0.3 is 10.1 Å². The highest BCUT2D eigenvalue weighted by atomic mass is 35.5. The van der Waals surface area contributed by atoms with Gasteiger partial charge in [-0.2, -0.15) is 0 Å². The van der Waals surface area contributed by atoms with Gasteiger partial charge in [-0.05, 0) is 25.0 Å². The van der Waals surface area contributed by atoms with Crippen LogP contribution in [-0.2, 0) is 6.42 Å². The molecule has 0 saturated carbocycles. The van der Waals surface area contributed by atoms with Crippen molar-refractivity contribution in [2.45, 2.75) is 12.8 Å². The molecule has 0 radical (unpaired) electrons. The summed E-state index contributed by atoms with van der Waals surface area (Å²) in [5.41, 5.74) is 1.48. The predicted molar refractivity (Wildman–Crippen MR) is 58.7 cm³/mol. The quantitative estimate of drug-likeness (QED) is 0.794. The second-order valence-corrected chi connectivity index (χ2v) is 3.87. The van der Waals surface area contributed by atoms with Crippen LogP contribution >= 0.6 is 11.6 Å². The lowest BCUT2D eigenvalue weighted by molar-refractivity contribution is 0.0956. The summed E-state index contributed by atoms with van der Waals surface area (Å²) < 4.78 is 5.23. The SMILES string of the molecule is COc1ccc(Cl)c2c1CCCNC2=O. The molecule has 0 aromatic heterocycles. The molecule has 1 aromatic rings. The zero-order chi connectivity index (χ0) is 10.8. The predicted octanol–water partition coefficient (Wildman–Crippen LogP) is 2.02. The van der Waals surface area contributed by atoms with E-state index < -0.39 is 0 Å². The summed E-state index contributed by atoms with van der Waals surface area (Å²) in [6, 6.07) is 3.50. The number of carbonyl (C=O) groups is 1. The van der Waals surface area contributed by atoms with Crippen LogP contribution in [0.5, 0.6) is 5.75 Å². The Kier molecular flexibility index (Phi) is 2.82. The average Bonchev–Trinajstić information content (AvgIpc) is 2.42. The number of rotatable bonds is 1. The van der Waals surface area contributed by atoms with Gasteiger partial charge in [-0.15, -0.1) is 0 Å². The van der Waals surface area contributed by atoms with E-state index in [4.69, 9.17) is 16.3 Å². The van der Waals surface area contributed by atoms with Crippen molar-refractivity contribution in [2.24, 2.45) is 0 Å². The highest BCUT2D eigenvalue weighted by Crippen LogP contribution is 2.30. The fourth-order valence-corrected chi connectivity index (χ4v) is 2.10. The second-order valence-electron chi connectivity index (χ2n) is 3.46. The molecular weight excluding hydrogens is 214 g/mol. The molecule has 0 bridgehead atoms. The van der Waals surface area contributed by atoms with E-state index in [1.54, 1.807) is 19.2 Å². The van der Waals surface area contributed by atoms with Crippen LogP contribution < -0.4 is 10.1 Å². The molecule has 2 rings (SSSR count). The smallest absolute Gasteiger partial charge is 0.253 e.